The third kappa shape index (κ3) is 4.67. The number of nitrogens with one attached hydrogen (secondary N) is 1. The summed E-state index contributed by atoms with van der Waals surface area (Å²) < 4.78 is 5.18. The van der Waals surface area contributed by atoms with Crippen molar-refractivity contribution < 1.29 is 14.4 Å². The quantitative estimate of drug-likeness (QED) is 0.832. The first-order chi connectivity index (χ1) is 9.05. The first-order valence-electron chi connectivity index (χ1n) is 6.23. The van der Waals surface area contributed by atoms with Crippen LogP contribution in [0, 0.1) is 0 Å². The first-order valence-corrected chi connectivity index (χ1v) is 6.61. The zero-order chi connectivity index (χ0) is 15.6. The van der Waals surface area contributed by atoms with Crippen molar-refractivity contribution in [1.82, 2.24) is 0 Å². The summed E-state index contributed by atoms with van der Waals surface area (Å²) in [5, 5.41) is 3.02. The highest BCUT2D eigenvalue weighted by atomic mass is 35.5. The van der Waals surface area contributed by atoms with Gasteiger partial charge in [0.05, 0.1) is 10.7 Å². The molecule has 0 aromatic heterocycles. The molecule has 5 nitrogen and oxygen atoms in total. The van der Waals surface area contributed by atoms with Gasteiger partial charge in [0.1, 0.15) is 11.2 Å². The predicted octanol–water partition coefficient (Wildman–Crippen LogP) is 3.81. The fraction of sp³-hybridized carbons (Fsp3) is 0.500. The number of benzene rings is 1. The van der Waals surface area contributed by atoms with Crippen LogP contribution in [0.4, 0.5) is 10.5 Å². The standard InChI is InChI=1S/C14H21ClN2O3/c1-13(2,3)19-12(18)17-11-8-9(6-7-10(11)15)14(4,5)20-16/h6-8H,16H2,1-5H3,(H,17,18). The van der Waals surface area contributed by atoms with Gasteiger partial charge in [-0.2, -0.15) is 0 Å². The average molecular weight is 301 g/mol. The van der Waals surface area contributed by atoms with Crippen molar-refractivity contribution in [3.63, 3.8) is 0 Å². The molecule has 0 spiro atoms. The number of carbonyl (C=O) groups excluding carboxylic acids is 1. The topological polar surface area (TPSA) is 73.6 Å². The van der Waals surface area contributed by atoms with Gasteiger partial charge in [-0.15, -0.1) is 0 Å². The van der Waals surface area contributed by atoms with Gasteiger partial charge in [0.2, 0.25) is 0 Å². The number of halogens is 1. The van der Waals surface area contributed by atoms with Crippen molar-refractivity contribution in [3.8, 4) is 0 Å². The van der Waals surface area contributed by atoms with Crippen molar-refractivity contribution >= 4 is 23.4 Å². The number of hydrogen-bond donors (Lipinski definition) is 2. The van der Waals surface area contributed by atoms with Gasteiger partial charge in [-0.1, -0.05) is 17.7 Å². The third-order valence-corrected chi connectivity index (χ3v) is 2.92. The van der Waals surface area contributed by atoms with Crippen molar-refractivity contribution in [2.45, 2.75) is 45.8 Å². The second kappa shape index (κ2) is 5.99. The smallest absolute Gasteiger partial charge is 0.412 e. The molecule has 0 aliphatic heterocycles. The fourth-order valence-corrected chi connectivity index (χ4v) is 1.64. The van der Waals surface area contributed by atoms with Crippen molar-refractivity contribution in [2.75, 3.05) is 5.32 Å². The van der Waals surface area contributed by atoms with E-state index in [-0.39, 0.29) is 0 Å². The Balaban J connectivity index is 2.96. The van der Waals surface area contributed by atoms with Crippen LogP contribution in [0.25, 0.3) is 0 Å². The molecule has 1 aromatic rings. The van der Waals surface area contributed by atoms with Gasteiger partial charge < -0.3 is 4.74 Å². The minimum Gasteiger partial charge on any atom is -0.444 e. The van der Waals surface area contributed by atoms with E-state index in [0.717, 1.165) is 5.56 Å². The maximum atomic E-state index is 11.8. The van der Waals surface area contributed by atoms with E-state index in [1.54, 1.807) is 39.0 Å². The summed E-state index contributed by atoms with van der Waals surface area (Å²) >= 11 is 6.06. The van der Waals surface area contributed by atoms with Crippen LogP contribution in [0.5, 0.6) is 0 Å². The maximum absolute atomic E-state index is 11.8. The molecule has 20 heavy (non-hydrogen) atoms. The fourth-order valence-electron chi connectivity index (χ4n) is 1.48. The van der Waals surface area contributed by atoms with E-state index < -0.39 is 17.3 Å². The highest BCUT2D eigenvalue weighted by Crippen LogP contribution is 2.30. The molecule has 0 fully saturated rings. The minimum atomic E-state index is -0.686. The maximum Gasteiger partial charge on any atom is 0.412 e. The van der Waals surface area contributed by atoms with Crippen LogP contribution >= 0.6 is 11.6 Å². The summed E-state index contributed by atoms with van der Waals surface area (Å²) in [6.45, 7) is 8.99. The van der Waals surface area contributed by atoms with Crippen molar-refractivity contribution in [3.05, 3.63) is 28.8 Å². The first kappa shape index (κ1) is 16.8. The molecule has 0 aliphatic carbocycles. The van der Waals surface area contributed by atoms with Crippen LogP contribution in [0.3, 0.4) is 0 Å². The summed E-state index contributed by atoms with van der Waals surface area (Å²) in [4.78, 5) is 16.7. The summed E-state index contributed by atoms with van der Waals surface area (Å²) in [5.74, 6) is 5.27. The summed E-state index contributed by atoms with van der Waals surface area (Å²) in [7, 11) is 0. The Bertz CT molecular complexity index is 496. The van der Waals surface area contributed by atoms with Crippen LogP contribution in [0.15, 0.2) is 18.2 Å². The molecule has 0 aliphatic rings. The van der Waals surface area contributed by atoms with Gasteiger partial charge in [-0.25, -0.2) is 10.7 Å². The highest BCUT2D eigenvalue weighted by molar-refractivity contribution is 6.33. The lowest BCUT2D eigenvalue weighted by Crippen LogP contribution is -2.28. The second-order valence-electron chi connectivity index (χ2n) is 5.95. The van der Waals surface area contributed by atoms with Crippen LogP contribution in [-0.2, 0) is 15.2 Å². The van der Waals surface area contributed by atoms with E-state index in [1.165, 1.54) is 0 Å². The molecule has 0 heterocycles. The summed E-state index contributed by atoms with van der Waals surface area (Å²) in [6, 6.07) is 5.17. The molecule has 0 saturated heterocycles. The molecular weight excluding hydrogens is 280 g/mol. The Morgan fingerprint density at radius 1 is 1.25 bits per heavy atom. The predicted molar refractivity (Wildman–Crippen MR) is 79.6 cm³/mol. The Morgan fingerprint density at radius 2 is 1.85 bits per heavy atom. The SMILES string of the molecule is CC(C)(C)OC(=O)Nc1cc(C(C)(C)ON)ccc1Cl. The van der Waals surface area contributed by atoms with Crippen LogP contribution in [0.2, 0.25) is 5.02 Å². The zero-order valence-corrected chi connectivity index (χ0v) is 13.2. The van der Waals surface area contributed by atoms with Gasteiger partial charge in [-0.3, -0.25) is 10.2 Å². The Labute approximate surface area is 124 Å². The third-order valence-electron chi connectivity index (χ3n) is 2.59. The highest BCUT2D eigenvalue weighted by Gasteiger charge is 2.23. The van der Waals surface area contributed by atoms with Gasteiger partial charge in [0, 0.05) is 0 Å². The van der Waals surface area contributed by atoms with E-state index in [9.17, 15) is 4.79 Å². The lowest BCUT2D eigenvalue weighted by molar-refractivity contribution is -0.0235. The van der Waals surface area contributed by atoms with Crippen LogP contribution in [-0.4, -0.2) is 11.7 Å². The van der Waals surface area contributed by atoms with E-state index in [4.69, 9.17) is 27.1 Å². The number of ether oxygens (including phenoxy) is 1. The number of nitrogens with two attached hydrogens (primary N) is 1. The normalized spacial score (nSPS) is 12.2. The van der Waals surface area contributed by atoms with Gasteiger partial charge >= 0.3 is 6.09 Å². The largest absolute Gasteiger partial charge is 0.444 e. The zero-order valence-electron chi connectivity index (χ0n) is 12.4. The van der Waals surface area contributed by atoms with Gasteiger partial charge in [0.15, 0.2) is 0 Å². The second-order valence-corrected chi connectivity index (χ2v) is 6.36. The molecule has 1 aromatic carbocycles. The summed E-state index contributed by atoms with van der Waals surface area (Å²) in [5.41, 5.74) is -0.0260. The number of rotatable bonds is 3. The molecule has 0 saturated carbocycles. The molecular formula is C14H21ClN2O3. The number of hydrogen-bond acceptors (Lipinski definition) is 4. The Morgan fingerprint density at radius 3 is 2.35 bits per heavy atom. The minimum absolute atomic E-state index is 0.410. The Hall–Kier alpha value is -1.30. The average Bonchev–Trinajstić information content (AvgIpc) is 2.29. The molecule has 112 valence electrons. The van der Waals surface area contributed by atoms with E-state index in [2.05, 4.69) is 5.32 Å². The van der Waals surface area contributed by atoms with Crippen molar-refractivity contribution in [2.24, 2.45) is 5.90 Å². The van der Waals surface area contributed by atoms with Gasteiger partial charge in [0.25, 0.3) is 0 Å². The monoisotopic (exact) mass is 300 g/mol. The van der Waals surface area contributed by atoms with Crippen molar-refractivity contribution in [1.29, 1.82) is 0 Å². The Kier molecular flexibility index (Phi) is 5.02. The number of carbonyl (C=O) groups is 1. The summed E-state index contributed by atoms with van der Waals surface area (Å²) in [6.07, 6.45) is -0.567. The van der Waals surface area contributed by atoms with E-state index in [0.29, 0.717) is 10.7 Å². The lowest BCUT2D eigenvalue weighted by atomic mass is 9.98. The number of anilines is 1. The lowest BCUT2D eigenvalue weighted by Gasteiger charge is -2.24. The van der Waals surface area contributed by atoms with E-state index >= 15 is 0 Å². The molecule has 6 heteroatoms. The van der Waals surface area contributed by atoms with E-state index in [1.807, 2.05) is 13.8 Å². The molecule has 0 bridgehead atoms. The molecule has 1 amide bonds. The molecule has 0 unspecified atom stereocenters. The number of amides is 1. The molecule has 0 radical (unpaired) electrons. The molecule has 1 rings (SSSR count). The molecule has 0 atom stereocenters. The van der Waals surface area contributed by atoms with Crippen LogP contribution < -0.4 is 11.2 Å². The van der Waals surface area contributed by atoms with Crippen LogP contribution in [0.1, 0.15) is 40.2 Å². The molecule has 3 N–H and O–H groups in total. The van der Waals surface area contributed by atoms with Gasteiger partial charge in [-0.05, 0) is 52.3 Å².